The molecular weight excluding hydrogens is 352 g/mol. The number of benzene rings is 2. The molecular formula is C18H8F4N2O2. The number of aromatic amines is 1. The molecule has 0 unspecified atom stereocenters. The molecule has 0 fully saturated rings. The zero-order chi connectivity index (χ0) is 18.6. The van der Waals surface area contributed by atoms with E-state index >= 15 is 0 Å². The fourth-order valence-corrected chi connectivity index (χ4v) is 2.88. The third-order valence-corrected chi connectivity index (χ3v) is 4.03. The fraction of sp³-hybridized carbons (Fsp3) is 0. The highest BCUT2D eigenvalue weighted by molar-refractivity contribution is 6.30. The molecule has 2 N–H and O–H groups in total. The summed E-state index contributed by atoms with van der Waals surface area (Å²) >= 11 is 0. The van der Waals surface area contributed by atoms with Crippen LogP contribution in [0.15, 0.2) is 41.4 Å². The zero-order valence-electron chi connectivity index (χ0n) is 12.8. The molecule has 130 valence electrons. The average Bonchev–Trinajstić information content (AvgIpc) is 3.12. The largest absolute Gasteiger partial charge is 0.494 e. The van der Waals surface area contributed by atoms with Crippen molar-refractivity contribution >= 4 is 11.6 Å². The highest BCUT2D eigenvalue weighted by Gasteiger charge is 2.33. The van der Waals surface area contributed by atoms with Crippen molar-refractivity contribution in [3.8, 4) is 17.1 Å². The quantitative estimate of drug-likeness (QED) is 0.537. The molecule has 26 heavy (non-hydrogen) atoms. The second-order valence-electron chi connectivity index (χ2n) is 5.62. The molecule has 0 radical (unpaired) electrons. The summed E-state index contributed by atoms with van der Waals surface area (Å²) in [4.78, 5) is 18.6. The van der Waals surface area contributed by atoms with E-state index in [0.717, 1.165) is 12.1 Å². The van der Waals surface area contributed by atoms with E-state index in [1.807, 2.05) is 0 Å². The van der Waals surface area contributed by atoms with E-state index in [4.69, 9.17) is 0 Å². The number of H-pyrrole nitrogens is 1. The minimum absolute atomic E-state index is 0.0294. The molecule has 2 heterocycles. The van der Waals surface area contributed by atoms with Gasteiger partial charge < -0.3 is 10.1 Å². The van der Waals surface area contributed by atoms with Gasteiger partial charge in [-0.05, 0) is 36.4 Å². The topological polar surface area (TPSA) is 65.4 Å². The number of halogens is 4. The van der Waals surface area contributed by atoms with Crippen LogP contribution in [0.1, 0.15) is 21.5 Å². The minimum atomic E-state index is -1.64. The Morgan fingerprint density at radius 2 is 1.50 bits per heavy atom. The number of aromatic nitrogens is 1. The Bertz CT molecular complexity index is 1080. The van der Waals surface area contributed by atoms with E-state index in [1.165, 1.54) is 12.1 Å². The van der Waals surface area contributed by atoms with Crippen molar-refractivity contribution in [2.45, 2.75) is 0 Å². The molecule has 1 aliphatic rings. The summed E-state index contributed by atoms with van der Waals surface area (Å²) < 4.78 is 53.3. The standard InChI is InChI=1S/C18H8F4N2O2/c19-9-3-1-7(2-4-9)15-12-13(18(26)23-15)16(24-17(12)25)8-5-10(20)14(22)11(21)6-8/h1-6,24-25H. The molecule has 8 heteroatoms. The number of hydrogen-bond donors (Lipinski definition) is 2. The number of fused-ring (bicyclic) bond motifs is 1. The first-order chi connectivity index (χ1) is 12.4. The number of aromatic hydroxyl groups is 1. The molecule has 0 aliphatic carbocycles. The average molecular weight is 360 g/mol. The van der Waals surface area contributed by atoms with Crippen LogP contribution in [0.5, 0.6) is 5.88 Å². The Morgan fingerprint density at radius 3 is 2.12 bits per heavy atom. The maximum atomic E-state index is 13.5. The summed E-state index contributed by atoms with van der Waals surface area (Å²) in [5, 5.41) is 10.2. The van der Waals surface area contributed by atoms with Gasteiger partial charge in [0.2, 0.25) is 0 Å². The van der Waals surface area contributed by atoms with Crippen molar-refractivity contribution < 1.29 is 27.5 Å². The predicted molar refractivity (Wildman–Crippen MR) is 84.1 cm³/mol. The molecule has 0 atom stereocenters. The number of carbonyl (C=O) groups excluding carboxylic acids is 1. The Kier molecular flexibility index (Phi) is 3.43. The van der Waals surface area contributed by atoms with Gasteiger partial charge >= 0.3 is 0 Å². The highest BCUT2D eigenvalue weighted by atomic mass is 19.2. The van der Waals surface area contributed by atoms with Crippen molar-refractivity contribution in [1.29, 1.82) is 0 Å². The van der Waals surface area contributed by atoms with Gasteiger partial charge in [0.05, 0.1) is 22.5 Å². The number of carbonyl (C=O) groups is 1. The summed E-state index contributed by atoms with van der Waals surface area (Å²) in [6, 6.07) is 6.48. The lowest BCUT2D eigenvalue weighted by Crippen LogP contribution is -1.99. The number of nitrogens with one attached hydrogen (secondary N) is 1. The van der Waals surface area contributed by atoms with Crippen LogP contribution in [-0.2, 0) is 0 Å². The molecule has 2 aromatic carbocycles. The molecule has 1 amide bonds. The molecule has 0 spiro atoms. The second kappa shape index (κ2) is 5.55. The first-order valence-electron chi connectivity index (χ1n) is 7.36. The Morgan fingerprint density at radius 1 is 0.885 bits per heavy atom. The van der Waals surface area contributed by atoms with E-state index < -0.39 is 35.1 Å². The first kappa shape index (κ1) is 16.1. The van der Waals surface area contributed by atoms with Gasteiger partial charge in [-0.3, -0.25) is 4.79 Å². The van der Waals surface area contributed by atoms with E-state index in [9.17, 15) is 27.5 Å². The Hall–Kier alpha value is -3.42. The van der Waals surface area contributed by atoms with E-state index in [0.29, 0.717) is 17.7 Å². The molecule has 1 aromatic heterocycles. The lowest BCUT2D eigenvalue weighted by molar-refractivity contribution is 0.101. The van der Waals surface area contributed by atoms with Crippen LogP contribution < -0.4 is 0 Å². The number of rotatable bonds is 2. The second-order valence-corrected chi connectivity index (χ2v) is 5.62. The molecule has 3 aromatic rings. The summed E-state index contributed by atoms with van der Waals surface area (Å²) in [7, 11) is 0. The smallest absolute Gasteiger partial charge is 0.280 e. The van der Waals surface area contributed by atoms with Crippen molar-refractivity contribution in [3.63, 3.8) is 0 Å². The number of aliphatic imine (C=N–C) groups is 1. The van der Waals surface area contributed by atoms with Gasteiger partial charge in [0.15, 0.2) is 23.3 Å². The van der Waals surface area contributed by atoms with Crippen LogP contribution in [0, 0.1) is 23.3 Å². The SMILES string of the molecule is O=C1N=C(c2ccc(F)cc2)c2c(O)[nH]c(-c3cc(F)c(F)c(F)c3)c21. The molecule has 4 rings (SSSR count). The van der Waals surface area contributed by atoms with Crippen LogP contribution >= 0.6 is 0 Å². The maximum Gasteiger partial charge on any atom is 0.280 e. The number of hydrogen-bond acceptors (Lipinski definition) is 2. The maximum absolute atomic E-state index is 13.5. The number of nitrogens with zero attached hydrogens (tertiary/aromatic N) is 1. The normalized spacial score (nSPS) is 13.1. The Balaban J connectivity index is 1.89. The Labute approximate surface area is 143 Å². The third-order valence-electron chi connectivity index (χ3n) is 4.03. The lowest BCUT2D eigenvalue weighted by atomic mass is 10.00. The number of amides is 1. The van der Waals surface area contributed by atoms with Crippen LogP contribution in [0.2, 0.25) is 0 Å². The molecule has 1 aliphatic heterocycles. The third kappa shape index (κ3) is 2.30. The van der Waals surface area contributed by atoms with E-state index in [1.54, 1.807) is 0 Å². The minimum Gasteiger partial charge on any atom is -0.494 e. The van der Waals surface area contributed by atoms with Gasteiger partial charge in [0.25, 0.3) is 5.91 Å². The molecule has 0 saturated carbocycles. The van der Waals surface area contributed by atoms with Crippen molar-refractivity contribution in [2.24, 2.45) is 4.99 Å². The molecule has 4 nitrogen and oxygen atoms in total. The predicted octanol–water partition coefficient (Wildman–Crippen LogP) is 3.93. The van der Waals surface area contributed by atoms with E-state index in [2.05, 4.69) is 9.98 Å². The van der Waals surface area contributed by atoms with Gasteiger partial charge in [0.1, 0.15) is 5.82 Å². The molecule has 0 bridgehead atoms. The summed E-state index contributed by atoms with van der Waals surface area (Å²) in [5.41, 5.74) is 0.126. The van der Waals surface area contributed by atoms with Crippen LogP contribution in [0.25, 0.3) is 11.3 Å². The van der Waals surface area contributed by atoms with E-state index in [-0.39, 0.29) is 28.1 Å². The monoisotopic (exact) mass is 360 g/mol. The van der Waals surface area contributed by atoms with Crippen LogP contribution in [0.4, 0.5) is 17.6 Å². The van der Waals surface area contributed by atoms with Crippen LogP contribution in [0.3, 0.4) is 0 Å². The highest BCUT2D eigenvalue weighted by Crippen LogP contribution is 2.38. The van der Waals surface area contributed by atoms with Gasteiger partial charge in [-0.15, -0.1) is 0 Å². The summed E-state index contributed by atoms with van der Waals surface area (Å²) in [5.74, 6) is -6.21. The fourth-order valence-electron chi connectivity index (χ4n) is 2.88. The van der Waals surface area contributed by atoms with Gasteiger partial charge in [-0.25, -0.2) is 22.6 Å². The zero-order valence-corrected chi connectivity index (χ0v) is 12.8. The lowest BCUT2D eigenvalue weighted by Gasteiger charge is -2.03. The van der Waals surface area contributed by atoms with Crippen LogP contribution in [-0.4, -0.2) is 21.7 Å². The van der Waals surface area contributed by atoms with Gasteiger partial charge in [-0.1, -0.05) is 0 Å². The summed E-state index contributed by atoms with van der Waals surface area (Å²) in [6.07, 6.45) is 0. The van der Waals surface area contributed by atoms with Crippen molar-refractivity contribution in [1.82, 2.24) is 4.98 Å². The van der Waals surface area contributed by atoms with Gasteiger partial charge in [-0.2, -0.15) is 0 Å². The van der Waals surface area contributed by atoms with Crippen molar-refractivity contribution in [3.05, 3.63) is 76.4 Å². The van der Waals surface area contributed by atoms with Gasteiger partial charge in [0, 0.05) is 11.1 Å². The first-order valence-corrected chi connectivity index (χ1v) is 7.36. The summed E-state index contributed by atoms with van der Waals surface area (Å²) in [6.45, 7) is 0. The molecule has 0 saturated heterocycles. The van der Waals surface area contributed by atoms with Crippen molar-refractivity contribution in [2.75, 3.05) is 0 Å².